The van der Waals surface area contributed by atoms with E-state index >= 15 is 0 Å². The van der Waals surface area contributed by atoms with Crippen LogP contribution in [-0.2, 0) is 27.5 Å². The number of hydrogen-bond donors (Lipinski definition) is 0. The third kappa shape index (κ3) is 6.04. The first-order chi connectivity index (χ1) is 14.9. The topological polar surface area (TPSA) is 59.1 Å². The molecule has 31 heavy (non-hydrogen) atoms. The van der Waals surface area contributed by atoms with Gasteiger partial charge >= 0.3 is 0 Å². The zero-order chi connectivity index (χ0) is 22.4. The number of amides is 2. The van der Waals surface area contributed by atoms with Crippen LogP contribution in [0.3, 0.4) is 0 Å². The molecule has 0 aliphatic carbocycles. The maximum atomic E-state index is 14.0. The maximum absolute atomic E-state index is 14.0. The van der Waals surface area contributed by atoms with Crippen LogP contribution in [0.1, 0.15) is 25.0 Å². The Morgan fingerprint density at radius 2 is 1.84 bits per heavy atom. The highest BCUT2D eigenvalue weighted by Gasteiger charge is 2.31. The summed E-state index contributed by atoms with van der Waals surface area (Å²) in [6, 6.07) is 13.9. The van der Waals surface area contributed by atoms with Gasteiger partial charge in [0, 0.05) is 31.1 Å². The molecule has 1 aliphatic rings. The zero-order valence-corrected chi connectivity index (χ0v) is 18.2. The monoisotopic (exact) mass is 428 g/mol. The molecule has 1 atom stereocenters. The van der Waals surface area contributed by atoms with Crippen molar-refractivity contribution in [3.05, 3.63) is 65.5 Å². The van der Waals surface area contributed by atoms with E-state index in [1.165, 1.54) is 6.07 Å². The molecule has 0 spiro atoms. The first-order valence-electron chi connectivity index (χ1n) is 10.4. The minimum Gasteiger partial charge on any atom is -0.497 e. The number of benzene rings is 2. The first-order valence-corrected chi connectivity index (χ1v) is 10.4. The molecule has 166 valence electrons. The molecule has 1 saturated heterocycles. The van der Waals surface area contributed by atoms with Crippen molar-refractivity contribution >= 4 is 11.8 Å². The van der Waals surface area contributed by atoms with Gasteiger partial charge in [-0.15, -0.1) is 0 Å². The SMILES string of the molecule is COc1ccc(CN2CC(OCc3ccccc3F)CN(C(=O)C(C)C)CC2=O)cc1. The summed E-state index contributed by atoms with van der Waals surface area (Å²) in [7, 11) is 1.60. The Morgan fingerprint density at radius 3 is 2.48 bits per heavy atom. The summed E-state index contributed by atoms with van der Waals surface area (Å²) in [5.41, 5.74) is 1.40. The second kappa shape index (κ2) is 10.4. The highest BCUT2D eigenvalue weighted by Crippen LogP contribution is 2.18. The highest BCUT2D eigenvalue weighted by molar-refractivity contribution is 5.86. The summed E-state index contributed by atoms with van der Waals surface area (Å²) in [5, 5.41) is 0. The van der Waals surface area contributed by atoms with E-state index in [2.05, 4.69) is 0 Å². The van der Waals surface area contributed by atoms with Crippen LogP contribution < -0.4 is 4.74 Å². The van der Waals surface area contributed by atoms with Gasteiger partial charge in [0.15, 0.2) is 0 Å². The third-order valence-corrected chi connectivity index (χ3v) is 5.30. The Kier molecular flexibility index (Phi) is 7.63. The summed E-state index contributed by atoms with van der Waals surface area (Å²) >= 11 is 0. The van der Waals surface area contributed by atoms with Gasteiger partial charge in [-0.25, -0.2) is 4.39 Å². The number of carbonyl (C=O) groups is 2. The third-order valence-electron chi connectivity index (χ3n) is 5.30. The molecule has 0 radical (unpaired) electrons. The highest BCUT2D eigenvalue weighted by atomic mass is 19.1. The number of hydrogen-bond acceptors (Lipinski definition) is 4. The Hall–Kier alpha value is -2.93. The van der Waals surface area contributed by atoms with Crippen molar-refractivity contribution in [3.63, 3.8) is 0 Å². The van der Waals surface area contributed by atoms with E-state index in [-0.39, 0.29) is 43.2 Å². The van der Waals surface area contributed by atoms with Crippen molar-refractivity contribution in [2.75, 3.05) is 26.7 Å². The fraction of sp³-hybridized carbons (Fsp3) is 0.417. The Labute approximate surface area is 182 Å². The van der Waals surface area contributed by atoms with E-state index in [9.17, 15) is 14.0 Å². The Morgan fingerprint density at radius 1 is 1.13 bits per heavy atom. The average Bonchev–Trinajstić information content (AvgIpc) is 2.91. The van der Waals surface area contributed by atoms with Crippen molar-refractivity contribution in [2.45, 2.75) is 33.1 Å². The van der Waals surface area contributed by atoms with E-state index in [0.29, 0.717) is 18.7 Å². The molecule has 2 amide bonds. The predicted molar refractivity (Wildman–Crippen MR) is 115 cm³/mol. The molecule has 6 nitrogen and oxygen atoms in total. The molecule has 1 heterocycles. The Bertz CT molecular complexity index is 901. The number of nitrogens with zero attached hydrogens (tertiary/aromatic N) is 2. The van der Waals surface area contributed by atoms with Crippen LogP contribution in [0.2, 0.25) is 0 Å². The lowest BCUT2D eigenvalue weighted by Gasteiger charge is -2.25. The van der Waals surface area contributed by atoms with Crippen LogP contribution in [0, 0.1) is 11.7 Å². The molecule has 1 aliphatic heterocycles. The smallest absolute Gasteiger partial charge is 0.242 e. The van der Waals surface area contributed by atoms with E-state index in [0.717, 1.165) is 11.3 Å². The maximum Gasteiger partial charge on any atom is 0.242 e. The number of rotatable bonds is 7. The number of methoxy groups -OCH3 is 1. The molecule has 0 N–H and O–H groups in total. The van der Waals surface area contributed by atoms with Crippen LogP contribution in [0.5, 0.6) is 5.75 Å². The molecule has 3 rings (SSSR count). The van der Waals surface area contributed by atoms with Crippen molar-refractivity contribution in [2.24, 2.45) is 5.92 Å². The van der Waals surface area contributed by atoms with E-state index in [4.69, 9.17) is 9.47 Å². The molecule has 0 aromatic heterocycles. The van der Waals surface area contributed by atoms with E-state index in [1.807, 2.05) is 38.1 Å². The predicted octanol–water partition coefficient (Wildman–Crippen LogP) is 3.25. The van der Waals surface area contributed by atoms with Gasteiger partial charge in [-0.2, -0.15) is 0 Å². The fourth-order valence-corrected chi connectivity index (χ4v) is 3.54. The average molecular weight is 429 g/mol. The van der Waals surface area contributed by atoms with Gasteiger partial charge in [0.05, 0.1) is 26.4 Å². The summed E-state index contributed by atoms with van der Waals surface area (Å²) < 4.78 is 25.2. The lowest BCUT2D eigenvalue weighted by atomic mass is 10.2. The van der Waals surface area contributed by atoms with Crippen LogP contribution >= 0.6 is 0 Å². The number of carbonyl (C=O) groups excluding carboxylic acids is 2. The van der Waals surface area contributed by atoms with Crippen LogP contribution in [0.25, 0.3) is 0 Å². The van der Waals surface area contributed by atoms with Crippen LogP contribution in [-0.4, -0.2) is 54.5 Å². The molecule has 2 aromatic rings. The molecule has 0 saturated carbocycles. The van der Waals surface area contributed by atoms with Gasteiger partial charge in [0.25, 0.3) is 0 Å². The van der Waals surface area contributed by atoms with Crippen molar-refractivity contribution in [1.82, 2.24) is 9.80 Å². The lowest BCUT2D eigenvalue weighted by Crippen LogP contribution is -2.41. The lowest BCUT2D eigenvalue weighted by molar-refractivity contribution is -0.141. The number of ether oxygens (including phenoxy) is 2. The van der Waals surface area contributed by atoms with Crippen molar-refractivity contribution in [3.8, 4) is 5.75 Å². The van der Waals surface area contributed by atoms with E-state index in [1.54, 1.807) is 35.1 Å². The van der Waals surface area contributed by atoms with Crippen LogP contribution in [0.4, 0.5) is 4.39 Å². The van der Waals surface area contributed by atoms with Gasteiger partial charge in [0.2, 0.25) is 11.8 Å². The Balaban J connectivity index is 1.76. The first kappa shape index (κ1) is 22.7. The fourth-order valence-electron chi connectivity index (χ4n) is 3.54. The largest absolute Gasteiger partial charge is 0.497 e. The molecular formula is C24H29FN2O4. The summed E-state index contributed by atoms with van der Waals surface area (Å²) in [6.45, 7) is 4.70. The van der Waals surface area contributed by atoms with Gasteiger partial charge in [0.1, 0.15) is 11.6 Å². The summed E-state index contributed by atoms with van der Waals surface area (Å²) in [6.07, 6.45) is -0.424. The zero-order valence-electron chi connectivity index (χ0n) is 18.2. The molecule has 1 fully saturated rings. The minimum absolute atomic E-state index is 0.00667. The quantitative estimate of drug-likeness (QED) is 0.679. The molecule has 1 unspecified atom stereocenters. The van der Waals surface area contributed by atoms with E-state index < -0.39 is 6.10 Å². The normalized spacial score (nSPS) is 17.1. The van der Waals surface area contributed by atoms with Gasteiger partial charge in [-0.05, 0) is 23.8 Å². The van der Waals surface area contributed by atoms with Gasteiger partial charge < -0.3 is 19.3 Å². The summed E-state index contributed by atoms with van der Waals surface area (Å²) in [4.78, 5) is 28.8. The van der Waals surface area contributed by atoms with Crippen LogP contribution in [0.15, 0.2) is 48.5 Å². The molecule has 2 aromatic carbocycles. The van der Waals surface area contributed by atoms with Crippen molar-refractivity contribution in [1.29, 1.82) is 0 Å². The molecule has 0 bridgehead atoms. The standard InChI is InChI=1S/C24H29FN2O4/c1-17(2)24(29)27-14-21(31-16-19-6-4-5-7-22(19)25)13-26(23(28)15-27)12-18-8-10-20(30-3)11-9-18/h4-11,17,21H,12-16H2,1-3H3. The van der Waals surface area contributed by atoms with Gasteiger partial charge in [-0.1, -0.05) is 44.2 Å². The second-order valence-electron chi connectivity index (χ2n) is 8.02. The van der Waals surface area contributed by atoms with Crippen molar-refractivity contribution < 1.29 is 23.5 Å². The molecule has 7 heteroatoms. The van der Waals surface area contributed by atoms with Gasteiger partial charge in [-0.3, -0.25) is 9.59 Å². The summed E-state index contributed by atoms with van der Waals surface area (Å²) in [5.74, 6) is -0.0581. The second-order valence-corrected chi connectivity index (χ2v) is 8.02. The minimum atomic E-state index is -0.424. The number of halogens is 1. The molecular weight excluding hydrogens is 399 g/mol.